The second-order valence-electron chi connectivity index (χ2n) is 5.59. The number of methoxy groups -OCH3 is 1. The average Bonchev–Trinajstić information content (AvgIpc) is 3.08. The first-order chi connectivity index (χ1) is 9.54. The van der Waals surface area contributed by atoms with Gasteiger partial charge in [0.25, 0.3) is 0 Å². The fourth-order valence-corrected chi connectivity index (χ4v) is 4.92. The van der Waals surface area contributed by atoms with E-state index in [1.807, 2.05) is 0 Å². The molecule has 1 aliphatic carbocycles. The normalized spacial score (nSPS) is 27.9. The second kappa shape index (κ2) is 6.87. The number of likely N-dealkylation sites (tertiary alicyclic amines) is 1. The van der Waals surface area contributed by atoms with Gasteiger partial charge in [0.15, 0.2) is 0 Å². The summed E-state index contributed by atoms with van der Waals surface area (Å²) in [6, 6.07) is 0. The molecule has 2 fully saturated rings. The number of carbonyl (C=O) groups is 1. The third-order valence-electron chi connectivity index (χ3n) is 4.29. The Bertz CT molecular complexity index is 432. The summed E-state index contributed by atoms with van der Waals surface area (Å²) in [5, 5.41) is -0.631. The number of sulfonamides is 1. The maximum Gasteiger partial charge on any atom is 0.310 e. The van der Waals surface area contributed by atoms with Crippen LogP contribution in [0.25, 0.3) is 0 Å². The number of hydrogen-bond donors (Lipinski definition) is 1. The molecule has 0 spiro atoms. The van der Waals surface area contributed by atoms with E-state index in [4.69, 9.17) is 4.74 Å². The molecule has 2 unspecified atom stereocenters. The molecule has 2 aliphatic rings. The van der Waals surface area contributed by atoms with E-state index in [0.717, 1.165) is 26.1 Å². The third kappa shape index (κ3) is 3.71. The molecule has 1 aliphatic heterocycles. The van der Waals surface area contributed by atoms with E-state index in [0.29, 0.717) is 19.4 Å². The Morgan fingerprint density at radius 2 is 1.95 bits per heavy atom. The first-order valence-corrected chi connectivity index (χ1v) is 8.88. The average molecular weight is 304 g/mol. The van der Waals surface area contributed by atoms with Gasteiger partial charge in [0.1, 0.15) is 0 Å². The van der Waals surface area contributed by atoms with Gasteiger partial charge < -0.3 is 9.64 Å². The Kier molecular flexibility index (Phi) is 5.40. The Balaban J connectivity index is 1.86. The van der Waals surface area contributed by atoms with Gasteiger partial charge in [0.2, 0.25) is 10.0 Å². The number of hydrogen-bond acceptors (Lipinski definition) is 5. The van der Waals surface area contributed by atoms with Crippen LogP contribution in [0.15, 0.2) is 0 Å². The number of nitrogens with one attached hydrogen (secondary N) is 1. The van der Waals surface area contributed by atoms with Crippen LogP contribution in [0.1, 0.15) is 32.1 Å². The lowest BCUT2D eigenvalue weighted by Gasteiger charge is -2.20. The lowest BCUT2D eigenvalue weighted by Crippen LogP contribution is -2.42. The van der Waals surface area contributed by atoms with E-state index in [2.05, 4.69) is 9.62 Å². The van der Waals surface area contributed by atoms with Gasteiger partial charge in [-0.3, -0.25) is 4.79 Å². The molecule has 0 aromatic rings. The summed E-state index contributed by atoms with van der Waals surface area (Å²) in [5.74, 6) is -0.915. The van der Waals surface area contributed by atoms with Gasteiger partial charge in [0.05, 0.1) is 18.3 Å². The summed E-state index contributed by atoms with van der Waals surface area (Å²) in [4.78, 5) is 13.9. The molecule has 2 rings (SSSR count). The summed E-state index contributed by atoms with van der Waals surface area (Å²) in [5.41, 5.74) is 0. The van der Waals surface area contributed by atoms with Crippen molar-refractivity contribution in [3.63, 3.8) is 0 Å². The van der Waals surface area contributed by atoms with Gasteiger partial charge in [-0.2, -0.15) is 0 Å². The molecule has 0 radical (unpaired) electrons. The van der Waals surface area contributed by atoms with Crippen molar-refractivity contribution >= 4 is 16.0 Å². The monoisotopic (exact) mass is 304 g/mol. The molecule has 7 heteroatoms. The summed E-state index contributed by atoms with van der Waals surface area (Å²) in [7, 11) is -2.12. The topological polar surface area (TPSA) is 75.7 Å². The first kappa shape index (κ1) is 15.7. The van der Waals surface area contributed by atoms with Gasteiger partial charge in [-0.25, -0.2) is 13.1 Å². The lowest BCUT2D eigenvalue weighted by atomic mass is 10.1. The fourth-order valence-electron chi connectivity index (χ4n) is 3.18. The molecule has 0 aromatic heterocycles. The van der Waals surface area contributed by atoms with E-state index in [1.165, 1.54) is 20.0 Å². The molecule has 0 bridgehead atoms. The third-order valence-corrected chi connectivity index (χ3v) is 6.25. The number of carbonyl (C=O) groups excluding carboxylic acids is 1. The van der Waals surface area contributed by atoms with Gasteiger partial charge in [-0.15, -0.1) is 0 Å². The molecular weight excluding hydrogens is 280 g/mol. The molecule has 1 saturated carbocycles. The fraction of sp³-hybridized carbons (Fsp3) is 0.923. The quantitative estimate of drug-likeness (QED) is 0.716. The van der Waals surface area contributed by atoms with Crippen molar-refractivity contribution in [1.29, 1.82) is 0 Å². The minimum absolute atomic E-state index is 0.405. The van der Waals surface area contributed by atoms with Crippen molar-refractivity contribution in [1.82, 2.24) is 9.62 Å². The van der Waals surface area contributed by atoms with Crippen LogP contribution in [-0.2, 0) is 19.6 Å². The van der Waals surface area contributed by atoms with Gasteiger partial charge >= 0.3 is 5.97 Å². The van der Waals surface area contributed by atoms with Crippen molar-refractivity contribution in [2.24, 2.45) is 5.92 Å². The summed E-state index contributed by atoms with van der Waals surface area (Å²) < 4.78 is 32.0. The first-order valence-electron chi connectivity index (χ1n) is 7.33. The summed E-state index contributed by atoms with van der Waals surface area (Å²) in [6.45, 7) is 3.27. The molecule has 20 heavy (non-hydrogen) atoms. The van der Waals surface area contributed by atoms with Crippen molar-refractivity contribution in [2.75, 3.05) is 33.3 Å². The maximum absolute atomic E-state index is 12.3. The summed E-state index contributed by atoms with van der Waals surface area (Å²) in [6.07, 6.45) is 4.29. The zero-order valence-corrected chi connectivity index (χ0v) is 12.8. The highest BCUT2D eigenvalue weighted by Gasteiger charge is 2.41. The molecule has 0 aromatic carbocycles. The molecule has 6 nitrogen and oxygen atoms in total. The largest absolute Gasteiger partial charge is 0.469 e. The van der Waals surface area contributed by atoms with E-state index in [1.54, 1.807) is 0 Å². The minimum Gasteiger partial charge on any atom is -0.469 e. The lowest BCUT2D eigenvalue weighted by molar-refractivity contribution is -0.145. The van der Waals surface area contributed by atoms with Crippen LogP contribution >= 0.6 is 0 Å². The van der Waals surface area contributed by atoms with Gasteiger partial charge in [0, 0.05) is 13.1 Å². The smallest absolute Gasteiger partial charge is 0.310 e. The molecule has 1 heterocycles. The number of rotatable bonds is 6. The van der Waals surface area contributed by atoms with Crippen molar-refractivity contribution in [2.45, 2.75) is 37.4 Å². The van der Waals surface area contributed by atoms with Crippen molar-refractivity contribution in [3.8, 4) is 0 Å². The van der Waals surface area contributed by atoms with Crippen LogP contribution in [-0.4, -0.2) is 57.8 Å². The Labute approximate surface area is 120 Å². The van der Waals surface area contributed by atoms with Crippen LogP contribution in [0.2, 0.25) is 0 Å². The van der Waals surface area contributed by atoms with Crippen molar-refractivity contribution in [3.05, 3.63) is 0 Å². The van der Waals surface area contributed by atoms with E-state index < -0.39 is 27.2 Å². The molecular formula is C13H24N2O4S. The van der Waals surface area contributed by atoms with Crippen LogP contribution in [0, 0.1) is 5.92 Å². The maximum atomic E-state index is 12.3. The number of esters is 1. The molecule has 2 atom stereocenters. The van der Waals surface area contributed by atoms with Crippen LogP contribution < -0.4 is 4.72 Å². The van der Waals surface area contributed by atoms with Crippen LogP contribution in [0.5, 0.6) is 0 Å². The Morgan fingerprint density at radius 3 is 2.60 bits per heavy atom. The zero-order chi connectivity index (χ0) is 14.6. The number of ether oxygens (including phenoxy) is 1. The molecule has 116 valence electrons. The standard InChI is InChI=1S/C13H24N2O4S/c1-19-13(16)11-5-4-6-12(11)20(17,18)14-7-10-15-8-2-3-9-15/h11-12,14H,2-10H2,1H3. The van der Waals surface area contributed by atoms with E-state index in [-0.39, 0.29) is 0 Å². The van der Waals surface area contributed by atoms with Crippen molar-refractivity contribution < 1.29 is 17.9 Å². The minimum atomic E-state index is -3.43. The van der Waals surface area contributed by atoms with E-state index in [9.17, 15) is 13.2 Å². The van der Waals surface area contributed by atoms with Crippen LogP contribution in [0.4, 0.5) is 0 Å². The Morgan fingerprint density at radius 1 is 1.25 bits per heavy atom. The Hall–Kier alpha value is -0.660. The zero-order valence-electron chi connectivity index (χ0n) is 12.0. The highest BCUT2D eigenvalue weighted by atomic mass is 32.2. The van der Waals surface area contributed by atoms with Gasteiger partial charge in [-0.1, -0.05) is 6.42 Å². The van der Waals surface area contributed by atoms with Gasteiger partial charge in [-0.05, 0) is 38.8 Å². The molecule has 0 amide bonds. The second-order valence-corrected chi connectivity index (χ2v) is 7.57. The van der Waals surface area contributed by atoms with E-state index >= 15 is 0 Å². The number of nitrogens with zero attached hydrogens (tertiary/aromatic N) is 1. The SMILES string of the molecule is COC(=O)C1CCCC1S(=O)(=O)NCCN1CCCC1. The summed E-state index contributed by atoms with van der Waals surface area (Å²) >= 11 is 0. The molecule has 1 saturated heterocycles. The predicted molar refractivity (Wildman–Crippen MR) is 75.7 cm³/mol. The molecule has 1 N–H and O–H groups in total. The van der Waals surface area contributed by atoms with Crippen LogP contribution in [0.3, 0.4) is 0 Å². The highest BCUT2D eigenvalue weighted by Crippen LogP contribution is 2.31. The predicted octanol–water partition coefficient (Wildman–Crippen LogP) is 0.343. The highest BCUT2D eigenvalue weighted by molar-refractivity contribution is 7.90.